The molecule has 2 aromatic carbocycles. The Hall–Kier alpha value is -2.47. The molecule has 30 heavy (non-hydrogen) atoms. The molecule has 0 unspecified atom stereocenters. The van der Waals surface area contributed by atoms with Crippen LogP contribution in [-0.2, 0) is 20.0 Å². The van der Waals surface area contributed by atoms with Crippen LogP contribution in [0.5, 0.6) is 11.5 Å². The van der Waals surface area contributed by atoms with E-state index in [0.717, 1.165) is 11.3 Å². The molecule has 8 nitrogen and oxygen atoms in total. The molecule has 12 heteroatoms. The van der Waals surface area contributed by atoms with E-state index in [1.807, 2.05) is 0 Å². The minimum absolute atomic E-state index is 0.0186. The van der Waals surface area contributed by atoms with E-state index in [1.54, 1.807) is 24.3 Å². The fourth-order valence-electron chi connectivity index (χ4n) is 2.50. The lowest BCUT2D eigenvalue weighted by molar-refractivity contribution is 0.416. The number of hydrogen-bond donors (Lipinski definition) is 2. The van der Waals surface area contributed by atoms with Crippen molar-refractivity contribution in [3.05, 3.63) is 58.9 Å². The van der Waals surface area contributed by atoms with E-state index in [2.05, 4.69) is 9.44 Å². The Morgan fingerprint density at radius 1 is 0.800 bits per heavy atom. The minimum atomic E-state index is -4.05. The monoisotopic (exact) mass is 488 g/mol. The Morgan fingerprint density at radius 3 is 2.07 bits per heavy atom. The van der Waals surface area contributed by atoms with Crippen LogP contribution in [0.4, 0.5) is 11.4 Å². The zero-order valence-electron chi connectivity index (χ0n) is 15.7. The van der Waals surface area contributed by atoms with Gasteiger partial charge in [-0.3, -0.25) is 9.44 Å². The lowest BCUT2D eigenvalue weighted by Crippen LogP contribution is -2.16. The molecule has 0 saturated carbocycles. The van der Waals surface area contributed by atoms with Gasteiger partial charge < -0.3 is 9.47 Å². The van der Waals surface area contributed by atoms with Crippen LogP contribution in [0.25, 0.3) is 0 Å². The predicted octanol–water partition coefficient (Wildman–Crippen LogP) is 4.02. The number of sulfonamides is 2. The molecule has 160 valence electrons. The Balaban J connectivity index is 1.97. The maximum absolute atomic E-state index is 12.9. The Kier molecular flexibility index (Phi) is 6.46. The van der Waals surface area contributed by atoms with Crippen molar-refractivity contribution in [1.29, 1.82) is 0 Å². The number of hydrogen-bond acceptors (Lipinski definition) is 7. The zero-order valence-corrected chi connectivity index (χ0v) is 19.0. The second kappa shape index (κ2) is 8.72. The third-order valence-corrected chi connectivity index (χ3v) is 8.34. The smallest absolute Gasteiger partial charge is 0.271 e. The van der Waals surface area contributed by atoms with Crippen LogP contribution in [-0.4, -0.2) is 31.1 Å². The molecule has 0 radical (unpaired) electrons. The largest absolute Gasteiger partial charge is 0.495 e. The van der Waals surface area contributed by atoms with Crippen LogP contribution in [0.15, 0.2) is 63.7 Å². The number of thiophene rings is 1. The standard InChI is InChI=1S/C18H17ClN2O6S3/c1-26-15-6-4-3-5-13(15)20-29(22,23)12-7-8-16(27-2)14(11-12)21-30(24,25)18-10-9-17(19)28-18/h3-11,20-21H,1-2H3. The second-order valence-electron chi connectivity index (χ2n) is 5.83. The van der Waals surface area contributed by atoms with Gasteiger partial charge in [-0.2, -0.15) is 0 Å². The van der Waals surface area contributed by atoms with Crippen LogP contribution < -0.4 is 18.9 Å². The molecule has 0 spiro atoms. The number of nitrogens with one attached hydrogen (secondary N) is 2. The summed E-state index contributed by atoms with van der Waals surface area (Å²) in [6, 6.07) is 13.1. The molecule has 3 aromatic rings. The van der Waals surface area contributed by atoms with E-state index < -0.39 is 20.0 Å². The molecule has 0 fully saturated rings. The maximum atomic E-state index is 12.9. The summed E-state index contributed by atoms with van der Waals surface area (Å²) < 4.78 is 66.4. The Bertz CT molecular complexity index is 1270. The lowest BCUT2D eigenvalue weighted by Gasteiger charge is -2.15. The average molecular weight is 489 g/mol. The van der Waals surface area contributed by atoms with Crippen molar-refractivity contribution in [2.45, 2.75) is 9.10 Å². The molecule has 0 aliphatic heterocycles. The molecule has 1 heterocycles. The van der Waals surface area contributed by atoms with Gasteiger partial charge in [0.05, 0.1) is 34.8 Å². The summed E-state index contributed by atoms with van der Waals surface area (Å²) in [7, 11) is -5.27. The molecule has 0 saturated heterocycles. The van der Waals surface area contributed by atoms with E-state index in [1.165, 1.54) is 44.6 Å². The van der Waals surface area contributed by atoms with Gasteiger partial charge in [0.2, 0.25) is 0 Å². The molecule has 0 aliphatic rings. The topological polar surface area (TPSA) is 111 Å². The number of ether oxygens (including phenoxy) is 2. The lowest BCUT2D eigenvalue weighted by atomic mass is 10.3. The normalized spacial score (nSPS) is 11.7. The van der Waals surface area contributed by atoms with Gasteiger partial charge in [-0.05, 0) is 42.5 Å². The zero-order chi connectivity index (χ0) is 21.9. The second-order valence-corrected chi connectivity index (χ2v) is 11.1. The number of methoxy groups -OCH3 is 2. The molecule has 0 bridgehead atoms. The summed E-state index contributed by atoms with van der Waals surface area (Å²) in [5.41, 5.74) is 0.205. The van der Waals surface area contributed by atoms with Gasteiger partial charge in [0.1, 0.15) is 15.7 Å². The van der Waals surface area contributed by atoms with Crippen molar-refractivity contribution in [2.75, 3.05) is 23.7 Å². The highest BCUT2D eigenvalue weighted by atomic mass is 35.5. The first-order chi connectivity index (χ1) is 14.2. The fourth-order valence-corrected chi connectivity index (χ4v) is 6.14. The summed E-state index contributed by atoms with van der Waals surface area (Å²) in [6.45, 7) is 0. The maximum Gasteiger partial charge on any atom is 0.271 e. The van der Waals surface area contributed by atoms with Crippen molar-refractivity contribution in [2.24, 2.45) is 0 Å². The van der Waals surface area contributed by atoms with Crippen molar-refractivity contribution in [3.8, 4) is 11.5 Å². The minimum Gasteiger partial charge on any atom is -0.495 e. The molecule has 1 aromatic heterocycles. The molecular formula is C18H17ClN2O6S3. The van der Waals surface area contributed by atoms with Crippen LogP contribution in [0, 0.1) is 0 Å². The van der Waals surface area contributed by atoms with Crippen molar-refractivity contribution in [1.82, 2.24) is 0 Å². The third-order valence-electron chi connectivity index (χ3n) is 3.89. The van der Waals surface area contributed by atoms with Crippen LogP contribution in [0.3, 0.4) is 0 Å². The summed E-state index contributed by atoms with van der Waals surface area (Å²) in [4.78, 5) is -0.170. The first-order valence-electron chi connectivity index (χ1n) is 8.28. The van der Waals surface area contributed by atoms with Crippen LogP contribution in [0.1, 0.15) is 0 Å². The fraction of sp³-hybridized carbons (Fsp3) is 0.111. The van der Waals surface area contributed by atoms with Gasteiger partial charge >= 0.3 is 0 Å². The van der Waals surface area contributed by atoms with E-state index in [0.29, 0.717) is 10.1 Å². The number of benzene rings is 2. The Labute approximate surface area is 183 Å². The van der Waals surface area contributed by atoms with Gasteiger partial charge in [0, 0.05) is 0 Å². The molecule has 2 N–H and O–H groups in total. The first kappa shape index (κ1) is 22.2. The quantitative estimate of drug-likeness (QED) is 0.495. The van der Waals surface area contributed by atoms with E-state index in [-0.39, 0.29) is 26.2 Å². The van der Waals surface area contributed by atoms with Crippen molar-refractivity contribution in [3.63, 3.8) is 0 Å². The van der Waals surface area contributed by atoms with Gasteiger partial charge in [-0.1, -0.05) is 23.7 Å². The summed E-state index contributed by atoms with van der Waals surface area (Å²) in [6.07, 6.45) is 0. The summed E-state index contributed by atoms with van der Waals surface area (Å²) in [5.74, 6) is 0.488. The highest BCUT2D eigenvalue weighted by Crippen LogP contribution is 2.33. The highest BCUT2D eigenvalue weighted by molar-refractivity contribution is 7.94. The van der Waals surface area contributed by atoms with Gasteiger partial charge in [0.25, 0.3) is 20.0 Å². The van der Waals surface area contributed by atoms with E-state index in [4.69, 9.17) is 21.1 Å². The van der Waals surface area contributed by atoms with Crippen LogP contribution in [0.2, 0.25) is 4.34 Å². The highest BCUT2D eigenvalue weighted by Gasteiger charge is 2.22. The number of halogens is 1. The molecule has 0 aliphatic carbocycles. The molecular weight excluding hydrogens is 472 g/mol. The van der Waals surface area contributed by atoms with Gasteiger partial charge in [-0.15, -0.1) is 11.3 Å². The molecule has 0 amide bonds. The SMILES string of the molecule is COc1ccccc1NS(=O)(=O)c1ccc(OC)c(NS(=O)(=O)c2ccc(Cl)s2)c1. The first-order valence-corrected chi connectivity index (χ1v) is 12.4. The van der Waals surface area contributed by atoms with Crippen LogP contribution >= 0.6 is 22.9 Å². The molecule has 0 atom stereocenters. The summed E-state index contributed by atoms with van der Waals surface area (Å²) >= 11 is 6.69. The van der Waals surface area contributed by atoms with E-state index in [9.17, 15) is 16.8 Å². The predicted molar refractivity (Wildman–Crippen MR) is 117 cm³/mol. The Morgan fingerprint density at radius 2 is 1.43 bits per heavy atom. The molecule has 3 rings (SSSR count). The van der Waals surface area contributed by atoms with E-state index >= 15 is 0 Å². The van der Waals surface area contributed by atoms with Crippen molar-refractivity contribution < 1.29 is 26.3 Å². The average Bonchev–Trinajstić information content (AvgIpc) is 3.15. The number of rotatable bonds is 8. The summed E-state index contributed by atoms with van der Waals surface area (Å²) in [5, 5.41) is 0. The number of para-hydroxylation sites is 2. The van der Waals surface area contributed by atoms with Gasteiger partial charge in [-0.25, -0.2) is 16.8 Å². The number of anilines is 2. The van der Waals surface area contributed by atoms with Gasteiger partial charge in [0.15, 0.2) is 0 Å². The van der Waals surface area contributed by atoms with Crippen molar-refractivity contribution >= 4 is 54.4 Å². The third kappa shape index (κ3) is 4.81.